The summed E-state index contributed by atoms with van der Waals surface area (Å²) < 4.78 is 12.8. The van der Waals surface area contributed by atoms with E-state index in [1.807, 2.05) is 6.92 Å². The van der Waals surface area contributed by atoms with E-state index in [4.69, 9.17) is 5.73 Å². The molecule has 1 heterocycles. The van der Waals surface area contributed by atoms with Crippen LogP contribution in [-0.4, -0.2) is 41.5 Å². The molecule has 0 bridgehead atoms. The van der Waals surface area contributed by atoms with Gasteiger partial charge >= 0.3 is 6.03 Å². The third kappa shape index (κ3) is 4.67. The molecule has 4 N–H and O–H groups in total. The number of nitrogens with zero attached hydrogens (tertiary/aromatic N) is 1. The summed E-state index contributed by atoms with van der Waals surface area (Å²) in [5, 5.41) is 5.48. The van der Waals surface area contributed by atoms with Gasteiger partial charge in [0.25, 0.3) is 0 Å². The number of anilines is 1. The molecule has 0 saturated carbocycles. The molecule has 1 aliphatic heterocycles. The number of likely N-dealkylation sites (tertiary alicyclic amines) is 1. The lowest BCUT2D eigenvalue weighted by atomic mass is 9.96. The fourth-order valence-electron chi connectivity index (χ4n) is 2.94. The minimum absolute atomic E-state index is 0.0763. The molecule has 2 unspecified atom stereocenters. The van der Waals surface area contributed by atoms with Crippen LogP contribution in [-0.2, 0) is 4.79 Å². The van der Waals surface area contributed by atoms with E-state index < -0.39 is 5.54 Å². The van der Waals surface area contributed by atoms with Gasteiger partial charge in [-0.05, 0) is 44.0 Å². The van der Waals surface area contributed by atoms with Crippen LogP contribution in [0.15, 0.2) is 24.3 Å². The average molecular weight is 336 g/mol. The van der Waals surface area contributed by atoms with Crippen LogP contribution in [0.25, 0.3) is 0 Å². The Morgan fingerprint density at radius 1 is 1.38 bits per heavy atom. The molecule has 1 aromatic carbocycles. The van der Waals surface area contributed by atoms with Crippen LogP contribution >= 0.6 is 0 Å². The van der Waals surface area contributed by atoms with Gasteiger partial charge in [-0.25, -0.2) is 9.18 Å². The number of halogens is 1. The number of urea groups is 1. The maximum atomic E-state index is 12.8. The highest BCUT2D eigenvalue weighted by Crippen LogP contribution is 2.18. The lowest BCUT2D eigenvalue weighted by Gasteiger charge is -2.28. The lowest BCUT2D eigenvalue weighted by Crippen LogP contribution is -2.53. The van der Waals surface area contributed by atoms with E-state index >= 15 is 0 Å². The topological polar surface area (TPSA) is 87.5 Å². The molecule has 1 fully saturated rings. The van der Waals surface area contributed by atoms with Crippen molar-refractivity contribution in [2.24, 2.45) is 5.73 Å². The highest BCUT2D eigenvalue weighted by atomic mass is 19.1. The van der Waals surface area contributed by atoms with Gasteiger partial charge in [-0.3, -0.25) is 4.79 Å². The van der Waals surface area contributed by atoms with E-state index in [1.165, 1.54) is 24.3 Å². The van der Waals surface area contributed by atoms with Gasteiger partial charge in [-0.2, -0.15) is 0 Å². The number of benzene rings is 1. The number of rotatable bonds is 5. The summed E-state index contributed by atoms with van der Waals surface area (Å²) in [4.78, 5) is 26.1. The summed E-state index contributed by atoms with van der Waals surface area (Å²) >= 11 is 0. The zero-order chi connectivity index (χ0) is 17.7. The number of amides is 3. The van der Waals surface area contributed by atoms with Crippen molar-refractivity contribution in [3.8, 4) is 0 Å². The average Bonchev–Trinajstić information content (AvgIpc) is 2.97. The molecule has 1 saturated heterocycles. The predicted molar refractivity (Wildman–Crippen MR) is 91.0 cm³/mol. The van der Waals surface area contributed by atoms with Gasteiger partial charge in [0, 0.05) is 24.8 Å². The van der Waals surface area contributed by atoms with Crippen molar-refractivity contribution in [3.63, 3.8) is 0 Å². The summed E-state index contributed by atoms with van der Waals surface area (Å²) in [7, 11) is 0. The third-order valence-corrected chi connectivity index (χ3v) is 4.17. The van der Waals surface area contributed by atoms with Crippen molar-refractivity contribution in [1.29, 1.82) is 0 Å². The number of carbonyl (C=O) groups excluding carboxylic acids is 2. The molecule has 0 aliphatic carbocycles. The SMILES string of the molecule is CCCC(C)(N)C(=O)N1CCC(NC(=O)Nc2ccc(F)cc2)C1. The van der Waals surface area contributed by atoms with Gasteiger partial charge in [0.15, 0.2) is 0 Å². The number of hydrogen-bond acceptors (Lipinski definition) is 3. The fourth-order valence-corrected chi connectivity index (χ4v) is 2.94. The van der Waals surface area contributed by atoms with Gasteiger partial charge in [-0.1, -0.05) is 13.3 Å². The molecule has 2 atom stereocenters. The van der Waals surface area contributed by atoms with Gasteiger partial charge in [0.05, 0.1) is 5.54 Å². The molecule has 1 aromatic rings. The minimum Gasteiger partial charge on any atom is -0.339 e. The van der Waals surface area contributed by atoms with Crippen LogP contribution in [0.1, 0.15) is 33.1 Å². The molecule has 2 rings (SSSR count). The normalized spacial score (nSPS) is 19.7. The van der Waals surface area contributed by atoms with E-state index in [1.54, 1.807) is 11.8 Å². The van der Waals surface area contributed by atoms with Crippen molar-refractivity contribution in [2.45, 2.75) is 44.7 Å². The Morgan fingerprint density at radius 3 is 2.67 bits per heavy atom. The van der Waals surface area contributed by atoms with Gasteiger partial charge in [-0.15, -0.1) is 0 Å². The molecule has 1 aliphatic rings. The van der Waals surface area contributed by atoms with Crippen LogP contribution in [0.4, 0.5) is 14.9 Å². The summed E-state index contributed by atoms with van der Waals surface area (Å²) in [6, 6.07) is 5.05. The second kappa shape index (κ2) is 7.61. The van der Waals surface area contributed by atoms with Gasteiger partial charge in [0.1, 0.15) is 5.82 Å². The summed E-state index contributed by atoms with van der Waals surface area (Å²) in [6.07, 6.45) is 2.16. The third-order valence-electron chi connectivity index (χ3n) is 4.17. The van der Waals surface area contributed by atoms with Crippen LogP contribution in [0.3, 0.4) is 0 Å². The second-order valence-electron chi connectivity index (χ2n) is 6.51. The highest BCUT2D eigenvalue weighted by Gasteiger charge is 2.36. The number of hydrogen-bond donors (Lipinski definition) is 3. The van der Waals surface area contributed by atoms with Crippen molar-refractivity contribution in [1.82, 2.24) is 10.2 Å². The molecule has 132 valence electrons. The largest absolute Gasteiger partial charge is 0.339 e. The lowest BCUT2D eigenvalue weighted by molar-refractivity contribution is -0.135. The molecular formula is C17H25FN4O2. The Labute approximate surface area is 141 Å². The maximum absolute atomic E-state index is 12.8. The van der Waals surface area contributed by atoms with Crippen molar-refractivity contribution in [3.05, 3.63) is 30.1 Å². The monoisotopic (exact) mass is 336 g/mol. The number of nitrogens with one attached hydrogen (secondary N) is 2. The van der Waals surface area contributed by atoms with Crippen LogP contribution in [0.2, 0.25) is 0 Å². The van der Waals surface area contributed by atoms with Crippen molar-refractivity contribution < 1.29 is 14.0 Å². The first-order chi connectivity index (χ1) is 11.3. The van der Waals surface area contributed by atoms with E-state index in [9.17, 15) is 14.0 Å². The van der Waals surface area contributed by atoms with Crippen LogP contribution < -0.4 is 16.4 Å². The minimum atomic E-state index is -0.861. The van der Waals surface area contributed by atoms with E-state index in [2.05, 4.69) is 10.6 Å². The predicted octanol–water partition coefficient (Wildman–Crippen LogP) is 2.07. The molecule has 24 heavy (non-hydrogen) atoms. The first-order valence-corrected chi connectivity index (χ1v) is 8.23. The second-order valence-corrected chi connectivity index (χ2v) is 6.51. The van der Waals surface area contributed by atoms with Gasteiger partial charge < -0.3 is 21.3 Å². The summed E-state index contributed by atoms with van der Waals surface area (Å²) in [5.41, 5.74) is 5.74. The smallest absolute Gasteiger partial charge is 0.319 e. The highest BCUT2D eigenvalue weighted by molar-refractivity contribution is 5.89. The Hall–Kier alpha value is -2.15. The van der Waals surface area contributed by atoms with Crippen LogP contribution in [0, 0.1) is 5.82 Å². The fraction of sp³-hybridized carbons (Fsp3) is 0.529. The number of carbonyl (C=O) groups is 2. The maximum Gasteiger partial charge on any atom is 0.319 e. The zero-order valence-electron chi connectivity index (χ0n) is 14.1. The van der Waals surface area contributed by atoms with E-state index in [0.717, 1.165) is 6.42 Å². The first-order valence-electron chi connectivity index (χ1n) is 8.23. The van der Waals surface area contributed by atoms with Crippen molar-refractivity contribution in [2.75, 3.05) is 18.4 Å². The Balaban J connectivity index is 1.84. The molecule has 0 radical (unpaired) electrons. The van der Waals surface area contributed by atoms with E-state index in [-0.39, 0.29) is 23.8 Å². The Kier molecular flexibility index (Phi) is 5.77. The molecule has 0 aromatic heterocycles. The quantitative estimate of drug-likeness (QED) is 0.769. The Morgan fingerprint density at radius 2 is 2.04 bits per heavy atom. The Bertz CT molecular complexity index is 589. The molecular weight excluding hydrogens is 311 g/mol. The number of nitrogens with two attached hydrogens (primary N) is 1. The first kappa shape index (κ1) is 18.2. The molecule has 6 nitrogen and oxygen atoms in total. The zero-order valence-corrected chi connectivity index (χ0v) is 14.1. The molecule has 3 amide bonds. The molecule has 7 heteroatoms. The van der Waals surface area contributed by atoms with Gasteiger partial charge in [0.2, 0.25) is 5.91 Å². The van der Waals surface area contributed by atoms with E-state index in [0.29, 0.717) is 31.6 Å². The summed E-state index contributed by atoms with van der Waals surface area (Å²) in [6.45, 7) is 4.77. The standard InChI is InChI=1S/C17H25FN4O2/c1-3-9-17(2,19)15(23)22-10-8-14(11-22)21-16(24)20-13-6-4-12(18)5-7-13/h4-7,14H,3,8-11,19H2,1-2H3,(H2,20,21,24). The molecule has 0 spiro atoms. The van der Waals surface area contributed by atoms with Crippen molar-refractivity contribution >= 4 is 17.6 Å². The van der Waals surface area contributed by atoms with Crippen LogP contribution in [0.5, 0.6) is 0 Å². The summed E-state index contributed by atoms with van der Waals surface area (Å²) in [5.74, 6) is -0.435.